The Labute approximate surface area is 125 Å². The number of ether oxygens (including phenoxy) is 1. The second-order valence-corrected chi connectivity index (χ2v) is 6.07. The van der Waals surface area contributed by atoms with Gasteiger partial charge in [0.25, 0.3) is 0 Å². The van der Waals surface area contributed by atoms with Gasteiger partial charge < -0.3 is 9.30 Å². The van der Waals surface area contributed by atoms with Crippen molar-refractivity contribution in [3.05, 3.63) is 29.6 Å². The summed E-state index contributed by atoms with van der Waals surface area (Å²) in [6.45, 7) is 9.84. The molecule has 2 aromatic rings. The Balaban J connectivity index is 2.49. The molecule has 1 aromatic heterocycles. The molecule has 110 valence electrons. The van der Waals surface area contributed by atoms with Crippen molar-refractivity contribution in [2.75, 3.05) is 12.5 Å². The maximum absolute atomic E-state index is 5.92. The highest BCUT2D eigenvalue weighted by Gasteiger charge is 2.22. The minimum absolute atomic E-state index is 0.215. The number of nitrogens with zero attached hydrogens (tertiary/aromatic N) is 2. The van der Waals surface area contributed by atoms with E-state index in [1.54, 1.807) is 0 Å². The molecule has 0 unspecified atom stereocenters. The standard InChI is InChI=1S/C16H23ClN2O/c1-5-20-16(3,4)11-19-13-8-6-7-12(2)15(13)18-14(19)9-10-17/h6-8H,5,9-11H2,1-4H3. The number of alkyl halides is 1. The van der Waals surface area contributed by atoms with Gasteiger partial charge in [0.05, 0.1) is 23.2 Å². The van der Waals surface area contributed by atoms with Crippen LogP contribution in [0.5, 0.6) is 0 Å². The Morgan fingerprint density at radius 3 is 2.75 bits per heavy atom. The molecule has 0 bridgehead atoms. The fraction of sp³-hybridized carbons (Fsp3) is 0.562. The molecule has 0 aliphatic rings. The molecule has 3 nitrogen and oxygen atoms in total. The molecule has 2 rings (SSSR count). The van der Waals surface area contributed by atoms with Gasteiger partial charge >= 0.3 is 0 Å². The van der Waals surface area contributed by atoms with E-state index in [1.165, 1.54) is 5.56 Å². The summed E-state index contributed by atoms with van der Waals surface area (Å²) in [6.07, 6.45) is 0.776. The first kappa shape index (κ1) is 15.3. The van der Waals surface area contributed by atoms with Crippen LogP contribution < -0.4 is 0 Å². The van der Waals surface area contributed by atoms with Crippen LogP contribution in [0, 0.1) is 6.92 Å². The number of rotatable bonds is 6. The summed E-state index contributed by atoms with van der Waals surface area (Å²) >= 11 is 5.92. The number of hydrogen-bond donors (Lipinski definition) is 0. The zero-order valence-corrected chi connectivity index (χ0v) is 13.5. The van der Waals surface area contributed by atoms with Crippen LogP contribution in [0.2, 0.25) is 0 Å². The zero-order valence-electron chi connectivity index (χ0n) is 12.7. The molecule has 0 radical (unpaired) electrons. The minimum Gasteiger partial charge on any atom is -0.374 e. The van der Waals surface area contributed by atoms with Crippen LogP contribution >= 0.6 is 11.6 Å². The minimum atomic E-state index is -0.215. The van der Waals surface area contributed by atoms with Crippen molar-refractivity contribution < 1.29 is 4.74 Å². The molecule has 0 aliphatic heterocycles. The lowest BCUT2D eigenvalue weighted by Gasteiger charge is -2.26. The molecule has 1 heterocycles. The first-order valence-corrected chi connectivity index (χ1v) is 7.66. The normalized spacial score (nSPS) is 12.2. The third kappa shape index (κ3) is 3.15. The number of hydrogen-bond acceptors (Lipinski definition) is 2. The van der Waals surface area contributed by atoms with Crippen LogP contribution in [0.15, 0.2) is 18.2 Å². The zero-order chi connectivity index (χ0) is 14.8. The van der Waals surface area contributed by atoms with Gasteiger partial charge in [-0.1, -0.05) is 12.1 Å². The van der Waals surface area contributed by atoms with Crippen molar-refractivity contribution in [3.63, 3.8) is 0 Å². The van der Waals surface area contributed by atoms with E-state index in [0.29, 0.717) is 12.5 Å². The van der Waals surface area contributed by atoms with Crippen LogP contribution in [0.25, 0.3) is 11.0 Å². The lowest BCUT2D eigenvalue weighted by Crippen LogP contribution is -2.31. The Bertz CT molecular complexity index is 589. The Morgan fingerprint density at radius 2 is 2.10 bits per heavy atom. The molecular weight excluding hydrogens is 272 g/mol. The van der Waals surface area contributed by atoms with Gasteiger partial charge in [-0.05, 0) is 39.3 Å². The van der Waals surface area contributed by atoms with Gasteiger partial charge in [-0.25, -0.2) is 4.98 Å². The highest BCUT2D eigenvalue weighted by Crippen LogP contribution is 2.23. The second-order valence-electron chi connectivity index (χ2n) is 5.69. The lowest BCUT2D eigenvalue weighted by molar-refractivity contribution is -0.0221. The van der Waals surface area contributed by atoms with Crippen LogP contribution in [0.1, 0.15) is 32.2 Å². The van der Waals surface area contributed by atoms with Crippen molar-refractivity contribution in [1.82, 2.24) is 9.55 Å². The number of halogens is 1. The summed E-state index contributed by atoms with van der Waals surface area (Å²) in [5.41, 5.74) is 3.22. The predicted octanol–water partition coefficient (Wildman–Crippen LogP) is 3.94. The first-order chi connectivity index (χ1) is 9.48. The second kappa shape index (κ2) is 6.15. The topological polar surface area (TPSA) is 27.1 Å². The van der Waals surface area contributed by atoms with E-state index >= 15 is 0 Å². The van der Waals surface area contributed by atoms with Gasteiger partial charge in [0.15, 0.2) is 0 Å². The number of imidazole rings is 1. The number of aryl methyl sites for hydroxylation is 2. The molecule has 0 saturated heterocycles. The SMILES string of the molecule is CCOC(C)(C)Cn1c(CCCl)nc2c(C)cccc21. The van der Waals surface area contributed by atoms with E-state index in [1.807, 2.05) is 6.92 Å². The van der Waals surface area contributed by atoms with Crippen molar-refractivity contribution in [1.29, 1.82) is 0 Å². The van der Waals surface area contributed by atoms with Crippen molar-refractivity contribution >= 4 is 22.6 Å². The van der Waals surface area contributed by atoms with E-state index in [2.05, 4.69) is 43.5 Å². The van der Waals surface area contributed by atoms with Gasteiger partial charge in [0, 0.05) is 18.9 Å². The van der Waals surface area contributed by atoms with Crippen LogP contribution in [0.3, 0.4) is 0 Å². The number of para-hydroxylation sites is 1. The molecule has 0 spiro atoms. The van der Waals surface area contributed by atoms with E-state index < -0.39 is 0 Å². The average molecular weight is 295 g/mol. The lowest BCUT2D eigenvalue weighted by atomic mass is 10.1. The molecule has 4 heteroatoms. The predicted molar refractivity (Wildman–Crippen MR) is 84.6 cm³/mol. The fourth-order valence-corrected chi connectivity index (χ4v) is 2.77. The van der Waals surface area contributed by atoms with Gasteiger partial charge in [-0.3, -0.25) is 0 Å². The van der Waals surface area contributed by atoms with E-state index in [0.717, 1.165) is 29.8 Å². The third-order valence-corrected chi connectivity index (χ3v) is 3.64. The monoisotopic (exact) mass is 294 g/mol. The highest BCUT2D eigenvalue weighted by molar-refractivity contribution is 6.17. The quantitative estimate of drug-likeness (QED) is 0.755. The Morgan fingerprint density at radius 1 is 1.35 bits per heavy atom. The molecule has 0 aliphatic carbocycles. The summed E-state index contributed by atoms with van der Waals surface area (Å²) in [5.74, 6) is 1.62. The molecule has 20 heavy (non-hydrogen) atoms. The fourth-order valence-electron chi connectivity index (χ4n) is 2.60. The Hall–Kier alpha value is -1.06. The summed E-state index contributed by atoms with van der Waals surface area (Å²) in [5, 5.41) is 0. The maximum atomic E-state index is 5.92. The largest absolute Gasteiger partial charge is 0.374 e. The van der Waals surface area contributed by atoms with Gasteiger partial charge in [0.1, 0.15) is 5.82 Å². The molecule has 0 amide bonds. The van der Waals surface area contributed by atoms with Gasteiger partial charge in [-0.15, -0.1) is 11.6 Å². The maximum Gasteiger partial charge on any atom is 0.111 e. The molecule has 1 aromatic carbocycles. The molecule has 0 N–H and O–H groups in total. The molecule has 0 atom stereocenters. The van der Waals surface area contributed by atoms with Crippen LogP contribution in [-0.4, -0.2) is 27.6 Å². The van der Waals surface area contributed by atoms with Gasteiger partial charge in [-0.2, -0.15) is 0 Å². The highest BCUT2D eigenvalue weighted by atomic mass is 35.5. The molecular formula is C16H23ClN2O. The summed E-state index contributed by atoms with van der Waals surface area (Å²) < 4.78 is 8.08. The summed E-state index contributed by atoms with van der Waals surface area (Å²) in [7, 11) is 0. The summed E-state index contributed by atoms with van der Waals surface area (Å²) in [4.78, 5) is 4.77. The van der Waals surface area contributed by atoms with Crippen LogP contribution in [0.4, 0.5) is 0 Å². The average Bonchev–Trinajstić information content (AvgIpc) is 2.69. The van der Waals surface area contributed by atoms with Crippen LogP contribution in [-0.2, 0) is 17.7 Å². The van der Waals surface area contributed by atoms with Crippen molar-refractivity contribution in [2.45, 2.75) is 46.3 Å². The Kier molecular flexibility index (Phi) is 4.71. The van der Waals surface area contributed by atoms with E-state index in [-0.39, 0.29) is 5.60 Å². The van der Waals surface area contributed by atoms with E-state index in [4.69, 9.17) is 21.3 Å². The summed E-state index contributed by atoms with van der Waals surface area (Å²) in [6, 6.07) is 6.29. The van der Waals surface area contributed by atoms with Crippen molar-refractivity contribution in [2.24, 2.45) is 0 Å². The molecule has 0 fully saturated rings. The van der Waals surface area contributed by atoms with Crippen molar-refractivity contribution in [3.8, 4) is 0 Å². The smallest absolute Gasteiger partial charge is 0.111 e. The number of aromatic nitrogens is 2. The number of fused-ring (bicyclic) bond motifs is 1. The molecule has 0 saturated carbocycles. The van der Waals surface area contributed by atoms with E-state index in [9.17, 15) is 0 Å². The number of benzene rings is 1. The first-order valence-electron chi connectivity index (χ1n) is 7.13. The third-order valence-electron chi connectivity index (χ3n) is 3.45. The van der Waals surface area contributed by atoms with Gasteiger partial charge in [0.2, 0.25) is 0 Å².